The van der Waals surface area contributed by atoms with Gasteiger partial charge in [-0.05, 0) is 37.7 Å². The number of allylic oxidation sites excluding steroid dienone is 3. The van der Waals surface area contributed by atoms with Crippen LogP contribution in [0, 0.1) is 23.7 Å². The average molecular weight is 559 g/mol. The second-order valence-corrected chi connectivity index (χ2v) is 8.92. The predicted octanol–water partition coefficient (Wildman–Crippen LogP) is -3.73. The van der Waals surface area contributed by atoms with Crippen LogP contribution < -0.4 is 0 Å². The number of hydrogen-bond acceptors (Lipinski definition) is 13. The molecule has 0 unspecified atom stereocenters. The van der Waals surface area contributed by atoms with Gasteiger partial charge in [-0.2, -0.15) is 0 Å². The number of rotatable bonds is 11. The van der Waals surface area contributed by atoms with Gasteiger partial charge in [-0.3, -0.25) is 0 Å². The number of ether oxygens (including phenoxy) is 4. The van der Waals surface area contributed by atoms with E-state index in [9.17, 15) is 40.9 Å². The van der Waals surface area contributed by atoms with Gasteiger partial charge >= 0.3 is 0 Å². The standard InChI is InChI=1S/C26H38O13/c1-2-3-4-5-7-10-15(29)16(11-8-6-9-12-27)37-26-24(35)22(33)20(31)18(39-26)14-36-25-23(34)21(32)19(30)17(13-28)38-25/h2-3,8,11,15-35H,6,9,12-14H2,1H3/b3-2+,11-8+/t15-,16-,17+,18-,19+,20+,21-,22+,23+,24-,25+,26-/m0/s1. The molecular formula is C26H38O13. The molecular weight excluding hydrogens is 520 g/mol. The van der Waals surface area contributed by atoms with Crippen molar-refractivity contribution in [2.24, 2.45) is 0 Å². The van der Waals surface area contributed by atoms with Crippen LogP contribution in [0.2, 0.25) is 0 Å². The minimum absolute atomic E-state index is 0.0522. The Hall–Kier alpha value is -1.92. The highest BCUT2D eigenvalue weighted by Crippen LogP contribution is 2.27. The summed E-state index contributed by atoms with van der Waals surface area (Å²) in [4.78, 5) is 0. The van der Waals surface area contributed by atoms with Crippen molar-refractivity contribution in [2.45, 2.75) is 93.4 Å². The molecule has 0 bridgehead atoms. The minimum atomic E-state index is -1.76. The minimum Gasteiger partial charge on any atom is -0.396 e. The van der Waals surface area contributed by atoms with Crippen LogP contribution in [0.15, 0.2) is 24.3 Å². The fraction of sp³-hybridized carbons (Fsp3) is 0.692. The van der Waals surface area contributed by atoms with Crippen LogP contribution in [0.5, 0.6) is 0 Å². The van der Waals surface area contributed by atoms with Crippen molar-refractivity contribution < 1.29 is 64.9 Å². The van der Waals surface area contributed by atoms with Crippen LogP contribution in [0.3, 0.4) is 0 Å². The van der Waals surface area contributed by atoms with Crippen molar-refractivity contribution in [3.8, 4) is 23.7 Å². The maximum Gasteiger partial charge on any atom is 0.187 e. The molecule has 0 radical (unpaired) electrons. The summed E-state index contributed by atoms with van der Waals surface area (Å²) in [7, 11) is 0. The Balaban J connectivity index is 2.13. The van der Waals surface area contributed by atoms with Gasteiger partial charge < -0.3 is 64.9 Å². The fourth-order valence-corrected chi connectivity index (χ4v) is 3.73. The predicted molar refractivity (Wildman–Crippen MR) is 133 cm³/mol. The molecule has 0 saturated carbocycles. The van der Waals surface area contributed by atoms with Crippen molar-refractivity contribution in [1.82, 2.24) is 0 Å². The molecule has 0 amide bonds. The van der Waals surface area contributed by atoms with Gasteiger partial charge in [0, 0.05) is 6.61 Å². The fourth-order valence-electron chi connectivity index (χ4n) is 3.73. The van der Waals surface area contributed by atoms with E-state index in [1.807, 2.05) is 0 Å². The quantitative estimate of drug-likeness (QED) is 0.0677. The first-order valence-electron chi connectivity index (χ1n) is 12.5. The lowest BCUT2D eigenvalue weighted by molar-refractivity contribution is -0.335. The summed E-state index contributed by atoms with van der Waals surface area (Å²) in [5, 5.41) is 90.1. The summed E-state index contributed by atoms with van der Waals surface area (Å²) in [5.41, 5.74) is 0. The van der Waals surface area contributed by atoms with E-state index in [-0.39, 0.29) is 6.61 Å². The Labute approximate surface area is 226 Å². The van der Waals surface area contributed by atoms with Gasteiger partial charge in [0.25, 0.3) is 0 Å². The molecule has 2 fully saturated rings. The molecule has 13 heteroatoms. The van der Waals surface area contributed by atoms with Gasteiger partial charge in [0.1, 0.15) is 61.0 Å². The molecule has 2 rings (SSSR count). The zero-order valence-electron chi connectivity index (χ0n) is 21.4. The molecule has 0 aromatic carbocycles. The van der Waals surface area contributed by atoms with E-state index in [2.05, 4.69) is 23.7 Å². The summed E-state index contributed by atoms with van der Waals surface area (Å²) >= 11 is 0. The highest BCUT2D eigenvalue weighted by molar-refractivity contribution is 5.32. The largest absolute Gasteiger partial charge is 0.396 e. The second kappa shape index (κ2) is 17.0. The Bertz CT molecular complexity index is 901. The first kappa shape index (κ1) is 33.3. The van der Waals surface area contributed by atoms with Crippen LogP contribution in [0.1, 0.15) is 19.8 Å². The summed E-state index contributed by atoms with van der Waals surface area (Å²) < 4.78 is 22.0. The third kappa shape index (κ3) is 9.60. The molecule has 13 nitrogen and oxygen atoms in total. The van der Waals surface area contributed by atoms with Crippen molar-refractivity contribution in [3.63, 3.8) is 0 Å². The van der Waals surface area contributed by atoms with Crippen molar-refractivity contribution in [2.75, 3.05) is 19.8 Å². The van der Waals surface area contributed by atoms with E-state index in [4.69, 9.17) is 24.1 Å². The molecule has 9 N–H and O–H groups in total. The van der Waals surface area contributed by atoms with Crippen LogP contribution in [-0.2, 0) is 18.9 Å². The molecule has 2 aliphatic heterocycles. The van der Waals surface area contributed by atoms with E-state index in [0.29, 0.717) is 12.8 Å². The topological polar surface area (TPSA) is 219 Å². The number of unbranched alkanes of at least 4 members (excludes halogenated alkanes) is 1. The molecule has 2 aliphatic rings. The summed E-state index contributed by atoms with van der Waals surface area (Å²) in [5.74, 6) is 10.1. The van der Waals surface area contributed by atoms with Crippen molar-refractivity contribution >= 4 is 0 Å². The lowest BCUT2D eigenvalue weighted by atomic mass is 9.98. The van der Waals surface area contributed by atoms with Crippen LogP contribution >= 0.6 is 0 Å². The van der Waals surface area contributed by atoms with E-state index in [1.165, 1.54) is 6.08 Å². The van der Waals surface area contributed by atoms with E-state index in [1.54, 1.807) is 25.2 Å². The van der Waals surface area contributed by atoms with Gasteiger partial charge in [-0.25, -0.2) is 0 Å². The lowest BCUT2D eigenvalue weighted by Crippen LogP contribution is -2.62. The summed E-state index contributed by atoms with van der Waals surface area (Å²) in [6, 6.07) is 0. The Morgan fingerprint density at radius 3 is 2.13 bits per heavy atom. The van der Waals surface area contributed by atoms with Crippen molar-refractivity contribution in [1.29, 1.82) is 0 Å². The van der Waals surface area contributed by atoms with E-state index in [0.717, 1.165) is 0 Å². The Morgan fingerprint density at radius 1 is 0.846 bits per heavy atom. The second-order valence-electron chi connectivity index (χ2n) is 8.92. The number of hydrogen-bond donors (Lipinski definition) is 9. The maximum atomic E-state index is 10.6. The molecule has 2 heterocycles. The van der Waals surface area contributed by atoms with Gasteiger partial charge in [-0.1, -0.05) is 30.1 Å². The monoisotopic (exact) mass is 558 g/mol. The average Bonchev–Trinajstić information content (AvgIpc) is 2.93. The first-order chi connectivity index (χ1) is 18.7. The van der Waals surface area contributed by atoms with Gasteiger partial charge in [0.05, 0.1) is 13.2 Å². The van der Waals surface area contributed by atoms with Crippen molar-refractivity contribution in [3.05, 3.63) is 24.3 Å². The molecule has 0 aliphatic carbocycles. The normalized spacial score (nSPS) is 36.7. The van der Waals surface area contributed by atoms with Crippen LogP contribution in [-0.4, -0.2) is 139 Å². The zero-order valence-corrected chi connectivity index (χ0v) is 21.4. The Kier molecular flexibility index (Phi) is 14.5. The first-order valence-corrected chi connectivity index (χ1v) is 12.5. The smallest absolute Gasteiger partial charge is 0.187 e. The summed E-state index contributed by atoms with van der Waals surface area (Å²) in [6.07, 6.45) is -11.2. The summed E-state index contributed by atoms with van der Waals surface area (Å²) in [6.45, 7) is 0.519. The SMILES string of the molecule is C/C=C/C#CC#C[C@H](O)[C@H](/C=C/CCCO)O[C@H]1O[C@@H](CO[C@@H]2O[C@H](CO)[C@@H](O)[C@H](O)[C@H]2O)[C@@H](O)[C@@H](O)[C@@H]1O. The van der Waals surface area contributed by atoms with Gasteiger partial charge in [0.2, 0.25) is 0 Å². The lowest BCUT2D eigenvalue weighted by Gasteiger charge is -2.43. The van der Waals surface area contributed by atoms with E-state index < -0.39 is 86.8 Å². The molecule has 0 aromatic heterocycles. The van der Waals surface area contributed by atoms with Crippen LogP contribution in [0.4, 0.5) is 0 Å². The zero-order chi connectivity index (χ0) is 28.9. The molecule has 0 spiro atoms. The van der Waals surface area contributed by atoms with Gasteiger partial charge in [-0.15, -0.1) is 0 Å². The third-order valence-corrected chi connectivity index (χ3v) is 6.00. The Morgan fingerprint density at radius 2 is 1.49 bits per heavy atom. The third-order valence-electron chi connectivity index (χ3n) is 6.00. The van der Waals surface area contributed by atoms with Gasteiger partial charge in [0.15, 0.2) is 12.6 Å². The number of aliphatic hydroxyl groups is 9. The highest BCUT2D eigenvalue weighted by Gasteiger charge is 2.48. The number of aliphatic hydroxyl groups excluding tert-OH is 9. The molecule has 0 aromatic rings. The van der Waals surface area contributed by atoms with E-state index >= 15 is 0 Å². The maximum absolute atomic E-state index is 10.6. The molecule has 12 atom stereocenters. The van der Waals surface area contributed by atoms with Crippen LogP contribution in [0.25, 0.3) is 0 Å². The molecule has 39 heavy (non-hydrogen) atoms. The molecule has 2 saturated heterocycles. The molecule has 220 valence electrons. The highest BCUT2D eigenvalue weighted by atomic mass is 16.7.